The van der Waals surface area contributed by atoms with E-state index in [2.05, 4.69) is 4.74 Å². The van der Waals surface area contributed by atoms with Gasteiger partial charge in [0.15, 0.2) is 0 Å². The van der Waals surface area contributed by atoms with E-state index in [4.69, 9.17) is 5.11 Å². The summed E-state index contributed by atoms with van der Waals surface area (Å²) in [5, 5.41) is 8.84. The molecule has 0 aromatic heterocycles. The molecule has 0 bridgehead atoms. The SMILES string of the molecule is CCOC(=O)CNS(=O)(=O)c1cc(C)c(F)c(C(=O)O)c1. The fraction of sp³-hybridized carbons (Fsp3) is 0.333. The Morgan fingerprint density at radius 1 is 1.38 bits per heavy atom. The lowest BCUT2D eigenvalue weighted by Gasteiger charge is -2.09. The molecule has 0 fully saturated rings. The number of carboxylic acid groups (broad SMARTS) is 1. The number of aryl methyl sites for hydroxylation is 1. The van der Waals surface area contributed by atoms with E-state index in [0.717, 1.165) is 6.07 Å². The number of ether oxygens (including phenoxy) is 1. The molecule has 1 rings (SSSR count). The van der Waals surface area contributed by atoms with Crippen molar-refractivity contribution >= 4 is 22.0 Å². The molecule has 0 atom stereocenters. The van der Waals surface area contributed by atoms with Gasteiger partial charge in [0.2, 0.25) is 10.0 Å². The van der Waals surface area contributed by atoms with E-state index in [0.29, 0.717) is 6.07 Å². The number of sulfonamides is 1. The monoisotopic (exact) mass is 319 g/mol. The highest BCUT2D eigenvalue weighted by molar-refractivity contribution is 7.89. The summed E-state index contributed by atoms with van der Waals surface area (Å²) < 4.78 is 44.0. The molecule has 1 aromatic rings. The summed E-state index contributed by atoms with van der Waals surface area (Å²) >= 11 is 0. The molecule has 0 spiro atoms. The molecule has 0 saturated heterocycles. The fourth-order valence-corrected chi connectivity index (χ4v) is 2.58. The van der Waals surface area contributed by atoms with Gasteiger partial charge in [-0.25, -0.2) is 17.6 Å². The van der Waals surface area contributed by atoms with Crippen LogP contribution in [-0.4, -0.2) is 38.6 Å². The summed E-state index contributed by atoms with van der Waals surface area (Å²) in [6.07, 6.45) is 0. The van der Waals surface area contributed by atoms with Gasteiger partial charge in [-0.05, 0) is 31.5 Å². The van der Waals surface area contributed by atoms with Gasteiger partial charge in [-0.1, -0.05) is 0 Å². The summed E-state index contributed by atoms with van der Waals surface area (Å²) in [6, 6.07) is 1.67. The highest BCUT2D eigenvalue weighted by atomic mass is 32.2. The number of halogens is 1. The largest absolute Gasteiger partial charge is 0.478 e. The molecule has 2 N–H and O–H groups in total. The van der Waals surface area contributed by atoms with Gasteiger partial charge in [-0.15, -0.1) is 0 Å². The molecule has 0 unspecified atom stereocenters. The van der Waals surface area contributed by atoms with E-state index in [1.165, 1.54) is 6.92 Å². The van der Waals surface area contributed by atoms with Crippen LogP contribution in [-0.2, 0) is 19.6 Å². The minimum atomic E-state index is -4.15. The lowest BCUT2D eigenvalue weighted by molar-refractivity contribution is -0.141. The summed E-state index contributed by atoms with van der Waals surface area (Å²) in [7, 11) is -4.15. The molecule has 0 heterocycles. The van der Waals surface area contributed by atoms with Crippen molar-refractivity contribution in [3.8, 4) is 0 Å². The maximum atomic E-state index is 13.6. The molecule has 7 nitrogen and oxygen atoms in total. The molecule has 0 saturated carbocycles. The second-order valence-corrected chi connectivity index (χ2v) is 5.80. The number of aromatic carboxylic acids is 1. The second-order valence-electron chi connectivity index (χ2n) is 4.04. The van der Waals surface area contributed by atoms with E-state index in [9.17, 15) is 22.4 Å². The van der Waals surface area contributed by atoms with Crippen LogP contribution in [0.15, 0.2) is 17.0 Å². The van der Waals surface area contributed by atoms with Crippen molar-refractivity contribution in [3.05, 3.63) is 29.1 Å². The minimum absolute atomic E-state index is 0.0966. The van der Waals surface area contributed by atoms with Crippen LogP contribution < -0.4 is 4.72 Å². The summed E-state index contributed by atoms with van der Waals surface area (Å²) in [4.78, 5) is 21.5. The van der Waals surface area contributed by atoms with E-state index >= 15 is 0 Å². The van der Waals surface area contributed by atoms with Crippen LogP contribution in [0.25, 0.3) is 0 Å². The Labute approximate surface area is 120 Å². The second kappa shape index (κ2) is 6.64. The summed E-state index contributed by atoms with van der Waals surface area (Å²) in [5.74, 6) is -3.37. The highest BCUT2D eigenvalue weighted by Crippen LogP contribution is 2.19. The van der Waals surface area contributed by atoms with Gasteiger partial charge >= 0.3 is 11.9 Å². The van der Waals surface area contributed by atoms with E-state index in [1.807, 2.05) is 4.72 Å². The predicted octanol–water partition coefficient (Wildman–Crippen LogP) is 0.674. The van der Waals surface area contributed by atoms with Crippen molar-refractivity contribution < 1.29 is 32.2 Å². The number of hydrogen-bond donors (Lipinski definition) is 2. The number of benzene rings is 1. The smallest absolute Gasteiger partial charge is 0.338 e. The first-order chi connectivity index (χ1) is 9.69. The standard InChI is InChI=1S/C12H14FNO6S/c1-3-20-10(15)6-14-21(18,19)8-4-7(2)11(13)9(5-8)12(16)17/h4-5,14H,3,6H2,1-2H3,(H,16,17). The Bertz CT molecular complexity index is 671. The van der Waals surface area contributed by atoms with Crippen molar-refractivity contribution in [1.29, 1.82) is 0 Å². The molecule has 0 aliphatic carbocycles. The molecule has 1 aromatic carbocycles. The normalized spacial score (nSPS) is 11.2. The number of rotatable bonds is 6. The molecule has 0 amide bonds. The molecule has 0 aliphatic rings. The third-order valence-electron chi connectivity index (χ3n) is 2.48. The lowest BCUT2D eigenvalue weighted by atomic mass is 10.1. The summed E-state index contributed by atoms with van der Waals surface area (Å²) in [6.45, 7) is 2.30. The summed E-state index contributed by atoms with van der Waals surface area (Å²) in [5.41, 5.74) is -0.891. The van der Waals surface area contributed by atoms with Crippen LogP contribution in [0, 0.1) is 12.7 Å². The first kappa shape index (κ1) is 17.1. The number of carbonyl (C=O) groups is 2. The van der Waals surface area contributed by atoms with E-state index < -0.39 is 44.8 Å². The van der Waals surface area contributed by atoms with Crippen molar-refractivity contribution in [3.63, 3.8) is 0 Å². The Morgan fingerprint density at radius 3 is 2.52 bits per heavy atom. The van der Waals surface area contributed by atoms with Gasteiger partial charge in [0.1, 0.15) is 12.4 Å². The Morgan fingerprint density at radius 2 is 2.00 bits per heavy atom. The molecular weight excluding hydrogens is 305 g/mol. The van der Waals surface area contributed by atoms with Gasteiger partial charge < -0.3 is 9.84 Å². The molecule has 116 valence electrons. The van der Waals surface area contributed by atoms with Gasteiger partial charge in [-0.3, -0.25) is 4.79 Å². The molecule has 0 radical (unpaired) electrons. The first-order valence-electron chi connectivity index (χ1n) is 5.87. The third kappa shape index (κ3) is 4.23. The number of hydrogen-bond acceptors (Lipinski definition) is 5. The Balaban J connectivity index is 3.09. The zero-order valence-corrected chi connectivity index (χ0v) is 12.2. The van der Waals surface area contributed by atoms with Gasteiger partial charge in [-0.2, -0.15) is 4.72 Å². The molecular formula is C12H14FNO6S. The predicted molar refractivity (Wildman–Crippen MR) is 69.9 cm³/mol. The minimum Gasteiger partial charge on any atom is -0.478 e. The van der Waals surface area contributed by atoms with Crippen molar-refractivity contribution in [2.45, 2.75) is 18.7 Å². The van der Waals surface area contributed by atoms with E-state index in [-0.39, 0.29) is 12.2 Å². The van der Waals surface area contributed by atoms with Crippen LogP contribution in [0.5, 0.6) is 0 Å². The third-order valence-corrected chi connectivity index (χ3v) is 3.86. The maximum absolute atomic E-state index is 13.6. The average Bonchev–Trinajstić information content (AvgIpc) is 2.39. The number of esters is 1. The lowest BCUT2D eigenvalue weighted by Crippen LogP contribution is -2.31. The number of nitrogens with one attached hydrogen (secondary N) is 1. The maximum Gasteiger partial charge on any atom is 0.338 e. The van der Waals surface area contributed by atoms with Crippen molar-refractivity contribution in [1.82, 2.24) is 4.72 Å². The molecule has 9 heteroatoms. The average molecular weight is 319 g/mol. The van der Waals surface area contributed by atoms with Gasteiger partial charge in [0, 0.05) is 0 Å². The van der Waals surface area contributed by atoms with Crippen molar-refractivity contribution in [2.24, 2.45) is 0 Å². The number of carboxylic acids is 1. The quantitative estimate of drug-likeness (QED) is 0.746. The van der Waals surface area contributed by atoms with Crippen LogP contribution in [0.2, 0.25) is 0 Å². The highest BCUT2D eigenvalue weighted by Gasteiger charge is 2.22. The van der Waals surface area contributed by atoms with Gasteiger partial charge in [0.25, 0.3) is 0 Å². The van der Waals surface area contributed by atoms with Crippen LogP contribution in [0.1, 0.15) is 22.8 Å². The zero-order chi connectivity index (χ0) is 16.2. The topological polar surface area (TPSA) is 110 Å². The fourth-order valence-electron chi connectivity index (χ4n) is 1.50. The van der Waals surface area contributed by atoms with Crippen LogP contribution >= 0.6 is 0 Å². The Hall–Kier alpha value is -2.00. The Kier molecular flexibility index (Phi) is 5.39. The molecule has 0 aliphatic heterocycles. The number of carbonyl (C=O) groups excluding carboxylic acids is 1. The zero-order valence-electron chi connectivity index (χ0n) is 11.3. The molecule has 21 heavy (non-hydrogen) atoms. The van der Waals surface area contributed by atoms with Crippen molar-refractivity contribution in [2.75, 3.05) is 13.2 Å². The van der Waals surface area contributed by atoms with Crippen LogP contribution in [0.3, 0.4) is 0 Å². The van der Waals surface area contributed by atoms with Crippen LogP contribution in [0.4, 0.5) is 4.39 Å². The van der Waals surface area contributed by atoms with E-state index in [1.54, 1.807) is 6.92 Å². The first-order valence-corrected chi connectivity index (χ1v) is 7.36. The van der Waals surface area contributed by atoms with Gasteiger partial charge in [0.05, 0.1) is 17.1 Å².